The van der Waals surface area contributed by atoms with Gasteiger partial charge in [0.05, 0.1) is 0 Å². The van der Waals surface area contributed by atoms with E-state index in [9.17, 15) is 0 Å². The first-order valence-electron chi connectivity index (χ1n) is 7.60. The molecule has 98 valence electrons. The van der Waals surface area contributed by atoms with Crippen molar-refractivity contribution in [3.63, 3.8) is 0 Å². The highest BCUT2D eigenvalue weighted by Crippen LogP contribution is 2.21. The van der Waals surface area contributed by atoms with Gasteiger partial charge in [-0.05, 0) is 17.8 Å². The lowest BCUT2D eigenvalue weighted by molar-refractivity contribution is 0.373. The molecule has 0 heterocycles. The van der Waals surface area contributed by atoms with Gasteiger partial charge >= 0.3 is 0 Å². The fraction of sp³-hybridized carbons (Fsp3) is 1.00. The summed E-state index contributed by atoms with van der Waals surface area (Å²) in [7, 11) is 0. The Morgan fingerprint density at radius 2 is 1.12 bits per heavy atom. The van der Waals surface area contributed by atoms with Gasteiger partial charge in [-0.15, -0.1) is 0 Å². The molecular weight excluding hydrogens is 192 g/mol. The third kappa shape index (κ3) is 9.24. The Morgan fingerprint density at radius 3 is 1.62 bits per heavy atom. The monoisotopic (exact) mass is 226 g/mol. The fourth-order valence-corrected chi connectivity index (χ4v) is 2.37. The molecule has 0 spiro atoms. The van der Waals surface area contributed by atoms with E-state index in [-0.39, 0.29) is 0 Å². The molecule has 0 bridgehead atoms. The van der Waals surface area contributed by atoms with E-state index in [1.807, 2.05) is 0 Å². The molecule has 0 radical (unpaired) electrons. The maximum atomic E-state index is 2.44. The summed E-state index contributed by atoms with van der Waals surface area (Å²) < 4.78 is 0. The largest absolute Gasteiger partial charge is 0.0654 e. The minimum absolute atomic E-state index is 0.936. The maximum absolute atomic E-state index is 2.44. The van der Waals surface area contributed by atoms with Crippen molar-refractivity contribution in [2.75, 3.05) is 0 Å². The lowest BCUT2D eigenvalue weighted by atomic mass is 9.91. The predicted octanol–water partition coefficient (Wildman–Crippen LogP) is 6.06. The van der Waals surface area contributed by atoms with Gasteiger partial charge < -0.3 is 0 Å². The van der Waals surface area contributed by atoms with Crippen LogP contribution in [0.4, 0.5) is 0 Å². The van der Waals surface area contributed by atoms with Gasteiger partial charge in [0.15, 0.2) is 0 Å². The average molecular weight is 226 g/mol. The summed E-state index contributed by atoms with van der Waals surface area (Å²) in [4.78, 5) is 0. The van der Waals surface area contributed by atoms with E-state index < -0.39 is 0 Å². The molecular formula is C16H34. The third-order valence-corrected chi connectivity index (χ3v) is 4.02. The van der Waals surface area contributed by atoms with Gasteiger partial charge in [-0.1, -0.05) is 86.0 Å². The number of hydrogen-bond donors (Lipinski definition) is 0. The summed E-state index contributed by atoms with van der Waals surface area (Å²) in [5.74, 6) is 2.83. The average Bonchev–Trinajstić information content (AvgIpc) is 2.26. The molecule has 3 unspecified atom stereocenters. The van der Waals surface area contributed by atoms with Gasteiger partial charge in [0.25, 0.3) is 0 Å². The molecule has 0 aliphatic heterocycles. The number of rotatable bonds is 10. The van der Waals surface area contributed by atoms with E-state index in [1.54, 1.807) is 0 Å². The second kappa shape index (κ2) is 10.2. The Kier molecular flexibility index (Phi) is 10.2. The zero-order valence-electron chi connectivity index (χ0n) is 12.4. The Morgan fingerprint density at radius 1 is 0.625 bits per heavy atom. The van der Waals surface area contributed by atoms with E-state index >= 15 is 0 Å². The van der Waals surface area contributed by atoms with Crippen LogP contribution >= 0.6 is 0 Å². The van der Waals surface area contributed by atoms with Gasteiger partial charge in [0.1, 0.15) is 0 Å². The van der Waals surface area contributed by atoms with E-state index in [0.29, 0.717) is 0 Å². The van der Waals surface area contributed by atoms with Gasteiger partial charge in [-0.25, -0.2) is 0 Å². The zero-order chi connectivity index (χ0) is 12.4. The molecule has 0 saturated carbocycles. The molecule has 0 heteroatoms. The SMILES string of the molecule is CCCC(C)CCC(C)CCCC(C)CC. The summed E-state index contributed by atoms with van der Waals surface area (Å²) in [5, 5.41) is 0. The van der Waals surface area contributed by atoms with Crippen LogP contribution in [0.3, 0.4) is 0 Å². The molecule has 16 heavy (non-hydrogen) atoms. The van der Waals surface area contributed by atoms with Crippen LogP contribution in [-0.2, 0) is 0 Å². The molecule has 0 aliphatic rings. The van der Waals surface area contributed by atoms with Crippen molar-refractivity contribution in [3.05, 3.63) is 0 Å². The Balaban J connectivity index is 3.40. The van der Waals surface area contributed by atoms with E-state index in [4.69, 9.17) is 0 Å². The van der Waals surface area contributed by atoms with Crippen LogP contribution < -0.4 is 0 Å². The van der Waals surface area contributed by atoms with Crippen molar-refractivity contribution < 1.29 is 0 Å². The topological polar surface area (TPSA) is 0 Å². The third-order valence-electron chi connectivity index (χ3n) is 4.02. The molecule has 0 fully saturated rings. The lowest BCUT2D eigenvalue weighted by Gasteiger charge is -2.16. The molecule has 0 N–H and O–H groups in total. The van der Waals surface area contributed by atoms with Crippen LogP contribution in [0.25, 0.3) is 0 Å². The molecule has 0 aromatic rings. The summed E-state index contributed by atoms with van der Waals surface area (Å²) in [6, 6.07) is 0. The van der Waals surface area contributed by atoms with Crippen molar-refractivity contribution >= 4 is 0 Å². The van der Waals surface area contributed by atoms with Crippen molar-refractivity contribution in [3.8, 4) is 0 Å². The Labute approximate surface area is 104 Å². The Bertz CT molecular complexity index is 139. The summed E-state index contributed by atoms with van der Waals surface area (Å²) in [6.07, 6.45) is 11.3. The summed E-state index contributed by atoms with van der Waals surface area (Å²) >= 11 is 0. The van der Waals surface area contributed by atoms with Gasteiger partial charge in [0, 0.05) is 0 Å². The van der Waals surface area contributed by atoms with Crippen LogP contribution in [0.2, 0.25) is 0 Å². The van der Waals surface area contributed by atoms with Crippen molar-refractivity contribution in [2.45, 2.75) is 86.0 Å². The maximum Gasteiger partial charge on any atom is -0.0443 e. The minimum Gasteiger partial charge on any atom is -0.0654 e. The molecule has 0 nitrogen and oxygen atoms in total. The Hall–Kier alpha value is 0. The highest BCUT2D eigenvalue weighted by Gasteiger charge is 2.07. The first-order chi connectivity index (χ1) is 7.60. The van der Waals surface area contributed by atoms with Crippen molar-refractivity contribution in [1.29, 1.82) is 0 Å². The summed E-state index contributed by atoms with van der Waals surface area (Å²) in [5.41, 5.74) is 0. The molecule has 0 rings (SSSR count). The van der Waals surface area contributed by atoms with E-state index in [2.05, 4.69) is 34.6 Å². The molecule has 0 saturated heterocycles. The standard InChI is InChI=1S/C16H34/c1-6-9-15(4)12-13-16(5)11-8-10-14(3)7-2/h14-16H,6-13H2,1-5H3. The van der Waals surface area contributed by atoms with Crippen molar-refractivity contribution in [2.24, 2.45) is 17.8 Å². The van der Waals surface area contributed by atoms with Crippen LogP contribution in [0.15, 0.2) is 0 Å². The first-order valence-corrected chi connectivity index (χ1v) is 7.60. The predicted molar refractivity (Wildman–Crippen MR) is 75.8 cm³/mol. The van der Waals surface area contributed by atoms with Crippen LogP contribution in [0.5, 0.6) is 0 Å². The van der Waals surface area contributed by atoms with Crippen LogP contribution in [-0.4, -0.2) is 0 Å². The van der Waals surface area contributed by atoms with Crippen LogP contribution in [0.1, 0.15) is 86.0 Å². The first kappa shape index (κ1) is 16.0. The second-order valence-corrected chi connectivity index (χ2v) is 6.02. The quantitative estimate of drug-likeness (QED) is 0.425. The van der Waals surface area contributed by atoms with E-state index in [1.165, 1.54) is 51.4 Å². The molecule has 0 amide bonds. The molecule has 3 atom stereocenters. The van der Waals surface area contributed by atoms with Crippen molar-refractivity contribution in [1.82, 2.24) is 0 Å². The van der Waals surface area contributed by atoms with E-state index in [0.717, 1.165) is 17.8 Å². The fourth-order valence-electron chi connectivity index (χ4n) is 2.37. The highest BCUT2D eigenvalue weighted by atomic mass is 14.1. The highest BCUT2D eigenvalue weighted by molar-refractivity contribution is 4.60. The number of hydrogen-bond acceptors (Lipinski definition) is 0. The minimum atomic E-state index is 0.936. The lowest BCUT2D eigenvalue weighted by Crippen LogP contribution is -2.01. The summed E-state index contributed by atoms with van der Waals surface area (Å²) in [6.45, 7) is 11.8. The molecule has 0 aliphatic carbocycles. The van der Waals surface area contributed by atoms with Gasteiger partial charge in [-0.2, -0.15) is 0 Å². The second-order valence-electron chi connectivity index (χ2n) is 6.02. The normalized spacial score (nSPS) is 17.1. The van der Waals surface area contributed by atoms with Crippen LogP contribution in [0, 0.1) is 17.8 Å². The molecule has 0 aromatic heterocycles. The van der Waals surface area contributed by atoms with Gasteiger partial charge in [-0.3, -0.25) is 0 Å². The molecule has 0 aromatic carbocycles. The van der Waals surface area contributed by atoms with Gasteiger partial charge in [0.2, 0.25) is 0 Å². The smallest absolute Gasteiger partial charge is 0.0443 e. The zero-order valence-corrected chi connectivity index (χ0v) is 12.4.